The molecule has 0 N–H and O–H groups in total. The van der Waals surface area contributed by atoms with Crippen molar-refractivity contribution in [3.05, 3.63) is 64.8 Å². The number of benzene rings is 2. The van der Waals surface area contributed by atoms with Gasteiger partial charge in [-0.2, -0.15) is 0 Å². The summed E-state index contributed by atoms with van der Waals surface area (Å²) in [5, 5.41) is 0.592. The van der Waals surface area contributed by atoms with Gasteiger partial charge in [0.05, 0.1) is 24.2 Å². The summed E-state index contributed by atoms with van der Waals surface area (Å²) in [6.07, 6.45) is 0. The number of anilines is 1. The van der Waals surface area contributed by atoms with Crippen molar-refractivity contribution < 1.29 is 9.53 Å². The lowest BCUT2D eigenvalue weighted by molar-refractivity contribution is 0.103. The van der Waals surface area contributed by atoms with Crippen LogP contribution in [0.1, 0.15) is 16.1 Å². The summed E-state index contributed by atoms with van der Waals surface area (Å²) in [6.45, 7) is 2.61. The maximum Gasteiger partial charge on any atom is 0.215 e. The first-order chi connectivity index (χ1) is 12.2. The Kier molecular flexibility index (Phi) is 4.34. The highest BCUT2D eigenvalue weighted by atomic mass is 35.5. The second kappa shape index (κ2) is 6.78. The van der Waals surface area contributed by atoms with Crippen LogP contribution in [0.25, 0.3) is 11.0 Å². The van der Waals surface area contributed by atoms with Crippen molar-refractivity contribution in [2.45, 2.75) is 0 Å². The number of ether oxygens (including phenoxy) is 1. The van der Waals surface area contributed by atoms with Gasteiger partial charge in [0.1, 0.15) is 0 Å². The number of fused-ring (bicyclic) bond motifs is 1. The lowest BCUT2D eigenvalue weighted by atomic mass is 10.1. The van der Waals surface area contributed by atoms with Crippen molar-refractivity contribution in [2.24, 2.45) is 0 Å². The highest BCUT2D eigenvalue weighted by molar-refractivity contribution is 6.30. The molecule has 2 heterocycles. The van der Waals surface area contributed by atoms with Crippen molar-refractivity contribution in [1.29, 1.82) is 0 Å². The molecule has 1 fully saturated rings. The highest BCUT2D eigenvalue weighted by Gasteiger charge is 2.23. The van der Waals surface area contributed by atoms with E-state index in [1.807, 2.05) is 24.3 Å². The number of carbonyl (C=O) groups is 1. The minimum Gasteiger partial charge on any atom is -0.378 e. The van der Waals surface area contributed by atoms with Crippen LogP contribution in [0.15, 0.2) is 48.5 Å². The van der Waals surface area contributed by atoms with Crippen LogP contribution < -0.4 is 4.90 Å². The predicted molar refractivity (Wildman–Crippen MR) is 97.5 cm³/mol. The summed E-state index contributed by atoms with van der Waals surface area (Å²) in [4.78, 5) is 24.5. The van der Waals surface area contributed by atoms with Crippen molar-refractivity contribution in [1.82, 2.24) is 9.97 Å². The summed E-state index contributed by atoms with van der Waals surface area (Å²) >= 11 is 5.93. The third-order valence-corrected chi connectivity index (χ3v) is 4.44. The maximum absolute atomic E-state index is 13.1. The zero-order valence-electron chi connectivity index (χ0n) is 13.5. The third-order valence-electron chi connectivity index (χ3n) is 4.18. The van der Waals surface area contributed by atoms with E-state index < -0.39 is 0 Å². The van der Waals surface area contributed by atoms with Gasteiger partial charge in [-0.3, -0.25) is 4.79 Å². The summed E-state index contributed by atoms with van der Waals surface area (Å²) in [5.41, 5.74) is 2.39. The van der Waals surface area contributed by atoms with Crippen LogP contribution in [0, 0.1) is 0 Å². The Balaban J connectivity index is 1.84. The Morgan fingerprint density at radius 2 is 1.60 bits per heavy atom. The summed E-state index contributed by atoms with van der Waals surface area (Å²) < 4.78 is 5.42. The molecule has 2 aromatic carbocycles. The van der Waals surface area contributed by atoms with Crippen LogP contribution in [-0.2, 0) is 4.74 Å². The van der Waals surface area contributed by atoms with Gasteiger partial charge >= 0.3 is 0 Å². The standard InChI is InChI=1S/C19H16ClN3O2/c20-14-7-5-13(6-8-14)18(24)17-19(23-9-11-25-12-10-23)22-16-4-2-1-3-15(16)21-17/h1-8H,9-12H2. The molecular weight excluding hydrogens is 338 g/mol. The van der Waals surface area contributed by atoms with E-state index in [2.05, 4.69) is 9.88 Å². The van der Waals surface area contributed by atoms with Crippen LogP contribution in [0.5, 0.6) is 0 Å². The number of halogens is 1. The van der Waals surface area contributed by atoms with Gasteiger partial charge in [0.15, 0.2) is 11.5 Å². The Morgan fingerprint density at radius 3 is 2.28 bits per heavy atom. The SMILES string of the molecule is O=C(c1ccc(Cl)cc1)c1nc2ccccc2nc1N1CCOCC1. The van der Waals surface area contributed by atoms with E-state index in [1.54, 1.807) is 24.3 Å². The number of para-hydroxylation sites is 2. The van der Waals surface area contributed by atoms with Crippen LogP contribution in [0.3, 0.4) is 0 Å². The summed E-state index contributed by atoms with van der Waals surface area (Å²) in [5.74, 6) is 0.457. The van der Waals surface area contributed by atoms with E-state index in [0.29, 0.717) is 53.9 Å². The number of hydrogen-bond donors (Lipinski definition) is 0. The monoisotopic (exact) mass is 353 g/mol. The predicted octanol–water partition coefficient (Wildman–Crippen LogP) is 3.35. The number of rotatable bonds is 3. The van der Waals surface area contributed by atoms with Gasteiger partial charge in [-0.1, -0.05) is 23.7 Å². The first-order valence-electron chi connectivity index (χ1n) is 8.12. The van der Waals surface area contributed by atoms with E-state index in [-0.39, 0.29) is 5.78 Å². The molecule has 126 valence electrons. The molecule has 25 heavy (non-hydrogen) atoms. The molecule has 6 heteroatoms. The lowest BCUT2D eigenvalue weighted by Crippen LogP contribution is -2.38. The summed E-state index contributed by atoms with van der Waals surface area (Å²) in [6, 6.07) is 14.4. The number of hydrogen-bond acceptors (Lipinski definition) is 5. The second-order valence-electron chi connectivity index (χ2n) is 5.82. The van der Waals surface area contributed by atoms with E-state index >= 15 is 0 Å². The smallest absolute Gasteiger partial charge is 0.215 e. The van der Waals surface area contributed by atoms with Gasteiger partial charge in [-0.15, -0.1) is 0 Å². The average molecular weight is 354 g/mol. The molecule has 1 aliphatic rings. The van der Waals surface area contributed by atoms with Crippen molar-refractivity contribution in [3.8, 4) is 0 Å². The Labute approximate surface area is 150 Å². The second-order valence-corrected chi connectivity index (χ2v) is 6.26. The van der Waals surface area contributed by atoms with Crippen LogP contribution in [0.4, 0.5) is 5.82 Å². The largest absolute Gasteiger partial charge is 0.378 e. The molecule has 1 saturated heterocycles. The number of nitrogens with zero attached hydrogens (tertiary/aromatic N) is 3. The molecule has 1 aliphatic heterocycles. The molecular formula is C19H16ClN3O2. The first kappa shape index (κ1) is 16.0. The fourth-order valence-electron chi connectivity index (χ4n) is 2.88. The van der Waals surface area contributed by atoms with E-state index in [9.17, 15) is 4.79 Å². The highest BCUT2D eigenvalue weighted by Crippen LogP contribution is 2.24. The lowest BCUT2D eigenvalue weighted by Gasteiger charge is -2.29. The summed E-state index contributed by atoms with van der Waals surface area (Å²) in [7, 11) is 0. The number of aromatic nitrogens is 2. The molecule has 4 rings (SSSR count). The zero-order valence-corrected chi connectivity index (χ0v) is 14.2. The third kappa shape index (κ3) is 3.21. The molecule has 0 saturated carbocycles. The minimum absolute atomic E-state index is 0.156. The van der Waals surface area contributed by atoms with Crippen LogP contribution in [-0.4, -0.2) is 42.1 Å². The maximum atomic E-state index is 13.1. The first-order valence-corrected chi connectivity index (χ1v) is 8.50. The van der Waals surface area contributed by atoms with Crippen molar-refractivity contribution in [2.75, 3.05) is 31.2 Å². The molecule has 0 unspecified atom stereocenters. The molecule has 0 bridgehead atoms. The Hall–Kier alpha value is -2.50. The molecule has 3 aromatic rings. The van der Waals surface area contributed by atoms with Gasteiger partial charge in [0.25, 0.3) is 0 Å². The molecule has 0 aliphatic carbocycles. The van der Waals surface area contributed by atoms with Gasteiger partial charge in [0, 0.05) is 23.7 Å². The van der Waals surface area contributed by atoms with E-state index in [4.69, 9.17) is 21.3 Å². The molecule has 0 atom stereocenters. The number of morpholine rings is 1. The molecule has 5 nitrogen and oxygen atoms in total. The molecule has 0 amide bonds. The topological polar surface area (TPSA) is 55.3 Å². The minimum atomic E-state index is -0.156. The van der Waals surface area contributed by atoms with Crippen molar-refractivity contribution in [3.63, 3.8) is 0 Å². The molecule has 1 aromatic heterocycles. The molecule has 0 spiro atoms. The quantitative estimate of drug-likeness (QED) is 0.676. The number of carbonyl (C=O) groups excluding carboxylic acids is 1. The van der Waals surface area contributed by atoms with Crippen LogP contribution >= 0.6 is 11.6 Å². The average Bonchev–Trinajstić information content (AvgIpc) is 2.68. The zero-order chi connectivity index (χ0) is 17.2. The van der Waals surface area contributed by atoms with Gasteiger partial charge in [-0.25, -0.2) is 9.97 Å². The van der Waals surface area contributed by atoms with Crippen molar-refractivity contribution >= 4 is 34.2 Å². The Morgan fingerprint density at radius 1 is 0.960 bits per heavy atom. The normalized spacial score (nSPS) is 14.7. The van der Waals surface area contributed by atoms with Gasteiger partial charge < -0.3 is 9.64 Å². The number of ketones is 1. The molecule has 0 radical (unpaired) electrons. The fraction of sp³-hybridized carbons (Fsp3) is 0.211. The van der Waals surface area contributed by atoms with E-state index in [1.165, 1.54) is 0 Å². The Bertz CT molecular complexity index is 922. The van der Waals surface area contributed by atoms with Gasteiger partial charge in [0.2, 0.25) is 5.78 Å². The fourth-order valence-corrected chi connectivity index (χ4v) is 3.00. The van der Waals surface area contributed by atoms with E-state index in [0.717, 1.165) is 5.52 Å². The van der Waals surface area contributed by atoms with Crippen LogP contribution in [0.2, 0.25) is 5.02 Å². The van der Waals surface area contributed by atoms with Gasteiger partial charge in [-0.05, 0) is 36.4 Å².